The van der Waals surface area contributed by atoms with Gasteiger partial charge in [0.15, 0.2) is 9.84 Å². The maximum atomic E-state index is 11.9. The summed E-state index contributed by atoms with van der Waals surface area (Å²) in [6.07, 6.45) is 0.452. The highest BCUT2D eigenvalue weighted by Gasteiger charge is 2.29. The van der Waals surface area contributed by atoms with Crippen molar-refractivity contribution in [3.8, 4) is 11.4 Å². The zero-order valence-electron chi connectivity index (χ0n) is 12.6. The number of rotatable bonds is 4. The molecule has 0 saturated carbocycles. The molecule has 0 unspecified atom stereocenters. The molecule has 23 heavy (non-hydrogen) atoms. The number of carbonyl (C=O) groups excluding carboxylic acids is 1. The van der Waals surface area contributed by atoms with E-state index < -0.39 is 9.84 Å². The van der Waals surface area contributed by atoms with E-state index in [-0.39, 0.29) is 30.0 Å². The van der Waals surface area contributed by atoms with Crippen molar-refractivity contribution < 1.29 is 13.2 Å². The average molecular weight is 335 g/mol. The molecule has 8 nitrogen and oxygen atoms in total. The number of benzene rings is 1. The molecule has 9 heteroatoms. The van der Waals surface area contributed by atoms with Crippen molar-refractivity contribution in [3.05, 3.63) is 29.8 Å². The Morgan fingerprint density at radius 3 is 2.74 bits per heavy atom. The molecule has 0 radical (unpaired) electrons. The zero-order valence-corrected chi connectivity index (χ0v) is 13.5. The van der Waals surface area contributed by atoms with Crippen LogP contribution in [0, 0.1) is 6.92 Å². The van der Waals surface area contributed by atoms with Crippen LogP contribution in [0.25, 0.3) is 11.4 Å². The number of hydrogen-bond donors (Lipinski definition) is 1. The first kappa shape index (κ1) is 15.6. The minimum atomic E-state index is -3.01. The minimum absolute atomic E-state index is 0.00184. The third kappa shape index (κ3) is 3.92. The fourth-order valence-electron chi connectivity index (χ4n) is 2.44. The second-order valence-corrected chi connectivity index (χ2v) is 7.91. The Morgan fingerprint density at radius 2 is 2.09 bits per heavy atom. The number of nitrogens with zero attached hydrogens (tertiary/aromatic N) is 4. The van der Waals surface area contributed by atoms with E-state index in [1.807, 2.05) is 31.2 Å². The number of aryl methyl sites for hydroxylation is 1. The molecule has 122 valence electrons. The molecule has 1 N–H and O–H groups in total. The van der Waals surface area contributed by atoms with Crippen LogP contribution < -0.4 is 5.32 Å². The largest absolute Gasteiger partial charge is 0.351 e. The molecule has 1 aliphatic heterocycles. The lowest BCUT2D eigenvalue weighted by molar-refractivity contribution is -0.122. The van der Waals surface area contributed by atoms with E-state index >= 15 is 0 Å². The minimum Gasteiger partial charge on any atom is -0.351 e. The van der Waals surface area contributed by atoms with Crippen LogP contribution in [-0.2, 0) is 21.2 Å². The van der Waals surface area contributed by atoms with Crippen molar-refractivity contribution in [2.75, 3.05) is 11.5 Å². The van der Waals surface area contributed by atoms with Gasteiger partial charge in [0.2, 0.25) is 11.7 Å². The number of hydrogen-bond acceptors (Lipinski definition) is 6. The van der Waals surface area contributed by atoms with Crippen molar-refractivity contribution in [3.63, 3.8) is 0 Å². The van der Waals surface area contributed by atoms with Gasteiger partial charge in [-0.2, -0.15) is 4.80 Å². The highest BCUT2D eigenvalue weighted by Crippen LogP contribution is 2.14. The van der Waals surface area contributed by atoms with E-state index in [1.165, 1.54) is 4.80 Å². The van der Waals surface area contributed by atoms with Crippen molar-refractivity contribution in [2.24, 2.45) is 0 Å². The fourth-order valence-corrected chi connectivity index (χ4v) is 4.11. The Bertz CT molecular complexity index is 813. The lowest BCUT2D eigenvalue weighted by Crippen LogP contribution is -2.38. The van der Waals surface area contributed by atoms with E-state index in [0.29, 0.717) is 12.2 Å². The number of amides is 1. The summed E-state index contributed by atoms with van der Waals surface area (Å²) in [5.41, 5.74) is 1.95. The van der Waals surface area contributed by atoms with E-state index in [0.717, 1.165) is 11.1 Å². The van der Waals surface area contributed by atoms with Crippen LogP contribution in [0.4, 0.5) is 0 Å². The standard InChI is InChI=1S/C14H17N5O3S/c1-10-2-4-11(5-3-10)14-16-18-19(17-14)8-13(20)15-12-6-7-23(21,22)9-12/h2-5,12H,6-9H2,1H3,(H,15,20)/t12-/m1/s1. The molecule has 1 saturated heterocycles. The molecular weight excluding hydrogens is 318 g/mol. The Hall–Kier alpha value is -2.29. The van der Waals surface area contributed by atoms with Gasteiger partial charge in [0, 0.05) is 11.6 Å². The summed E-state index contributed by atoms with van der Waals surface area (Å²) in [6.45, 7) is 1.90. The SMILES string of the molecule is Cc1ccc(-c2nnn(CC(=O)N[C@@H]3CCS(=O)(=O)C3)n2)cc1. The maximum absolute atomic E-state index is 11.9. The van der Waals surface area contributed by atoms with Gasteiger partial charge in [-0.3, -0.25) is 4.79 Å². The molecule has 1 aromatic heterocycles. The van der Waals surface area contributed by atoms with Crippen LogP contribution in [0.15, 0.2) is 24.3 Å². The number of carbonyl (C=O) groups is 1. The van der Waals surface area contributed by atoms with Gasteiger partial charge in [0.1, 0.15) is 6.54 Å². The van der Waals surface area contributed by atoms with Crippen molar-refractivity contribution >= 4 is 15.7 Å². The zero-order chi connectivity index (χ0) is 16.4. The monoisotopic (exact) mass is 335 g/mol. The van der Waals surface area contributed by atoms with Gasteiger partial charge in [-0.1, -0.05) is 29.8 Å². The molecule has 0 aliphatic carbocycles. The summed E-state index contributed by atoms with van der Waals surface area (Å²) in [5, 5.41) is 14.6. The normalized spacial score (nSPS) is 19.6. The van der Waals surface area contributed by atoms with Crippen molar-refractivity contribution in [2.45, 2.75) is 25.9 Å². The van der Waals surface area contributed by atoms with E-state index in [1.54, 1.807) is 0 Å². The van der Waals surface area contributed by atoms with Gasteiger partial charge >= 0.3 is 0 Å². The summed E-state index contributed by atoms with van der Waals surface area (Å²) in [4.78, 5) is 13.1. The van der Waals surface area contributed by atoms with Crippen LogP contribution in [0.1, 0.15) is 12.0 Å². The molecule has 2 heterocycles. The third-order valence-electron chi connectivity index (χ3n) is 3.65. The molecule has 1 amide bonds. The Morgan fingerprint density at radius 1 is 1.35 bits per heavy atom. The van der Waals surface area contributed by atoms with Crippen LogP contribution in [0.5, 0.6) is 0 Å². The van der Waals surface area contributed by atoms with Gasteiger partial charge in [-0.05, 0) is 18.6 Å². The number of aromatic nitrogens is 4. The highest BCUT2D eigenvalue weighted by atomic mass is 32.2. The quantitative estimate of drug-likeness (QED) is 0.839. The maximum Gasteiger partial charge on any atom is 0.243 e. The highest BCUT2D eigenvalue weighted by molar-refractivity contribution is 7.91. The predicted molar refractivity (Wildman–Crippen MR) is 83.2 cm³/mol. The fraction of sp³-hybridized carbons (Fsp3) is 0.429. The van der Waals surface area contributed by atoms with E-state index in [9.17, 15) is 13.2 Å². The molecule has 0 spiro atoms. The summed E-state index contributed by atoms with van der Waals surface area (Å²) in [5.74, 6) is 0.246. The van der Waals surface area contributed by atoms with Crippen LogP contribution in [0.2, 0.25) is 0 Å². The lowest BCUT2D eigenvalue weighted by Gasteiger charge is -2.09. The summed E-state index contributed by atoms with van der Waals surface area (Å²) in [6, 6.07) is 7.35. The van der Waals surface area contributed by atoms with E-state index in [2.05, 4.69) is 20.7 Å². The number of tetrazole rings is 1. The van der Waals surface area contributed by atoms with Gasteiger partial charge in [0.25, 0.3) is 0 Å². The van der Waals surface area contributed by atoms with Gasteiger partial charge in [0.05, 0.1) is 11.5 Å². The summed E-state index contributed by atoms with van der Waals surface area (Å²) < 4.78 is 22.7. The molecule has 1 aliphatic rings. The smallest absolute Gasteiger partial charge is 0.243 e. The molecule has 2 aromatic rings. The molecule has 1 fully saturated rings. The first-order chi connectivity index (χ1) is 10.9. The summed E-state index contributed by atoms with van der Waals surface area (Å²) >= 11 is 0. The Labute approximate surface area is 133 Å². The predicted octanol–water partition coefficient (Wildman–Crippen LogP) is -0.0482. The van der Waals surface area contributed by atoms with E-state index in [4.69, 9.17) is 0 Å². The Kier molecular flexibility index (Phi) is 4.12. The Balaban J connectivity index is 1.60. The van der Waals surface area contributed by atoms with Crippen LogP contribution >= 0.6 is 0 Å². The first-order valence-electron chi connectivity index (χ1n) is 7.26. The lowest BCUT2D eigenvalue weighted by atomic mass is 10.1. The summed E-state index contributed by atoms with van der Waals surface area (Å²) in [7, 11) is -3.01. The number of sulfone groups is 1. The molecule has 3 rings (SSSR count). The molecular formula is C14H17N5O3S. The van der Waals surface area contributed by atoms with Crippen molar-refractivity contribution in [1.29, 1.82) is 0 Å². The third-order valence-corrected chi connectivity index (χ3v) is 5.41. The van der Waals surface area contributed by atoms with Gasteiger partial charge in [-0.25, -0.2) is 8.42 Å². The first-order valence-corrected chi connectivity index (χ1v) is 9.08. The second kappa shape index (κ2) is 6.07. The number of nitrogens with one attached hydrogen (secondary N) is 1. The second-order valence-electron chi connectivity index (χ2n) is 5.68. The van der Waals surface area contributed by atoms with Gasteiger partial charge in [-0.15, -0.1) is 10.2 Å². The molecule has 0 bridgehead atoms. The molecule has 1 atom stereocenters. The topological polar surface area (TPSA) is 107 Å². The van der Waals surface area contributed by atoms with Crippen LogP contribution in [-0.4, -0.2) is 52.1 Å². The van der Waals surface area contributed by atoms with Crippen LogP contribution in [0.3, 0.4) is 0 Å². The van der Waals surface area contributed by atoms with Gasteiger partial charge < -0.3 is 5.32 Å². The molecule has 1 aromatic carbocycles. The average Bonchev–Trinajstić information content (AvgIpc) is 3.06. The van der Waals surface area contributed by atoms with Crippen molar-refractivity contribution in [1.82, 2.24) is 25.5 Å².